The minimum Gasteiger partial charge on any atom is -0.382 e. The van der Waals surface area contributed by atoms with Gasteiger partial charge in [0, 0.05) is 29.7 Å². The topological polar surface area (TPSA) is 37.4 Å². The van der Waals surface area contributed by atoms with Crippen molar-refractivity contribution in [1.82, 2.24) is 4.98 Å². The zero-order chi connectivity index (χ0) is 11.8. The van der Waals surface area contributed by atoms with E-state index in [1.807, 2.05) is 6.20 Å². The van der Waals surface area contributed by atoms with E-state index in [1.165, 1.54) is 0 Å². The molecule has 0 aliphatic carbocycles. The zero-order valence-corrected chi connectivity index (χ0v) is 11.4. The Labute approximate surface area is 109 Å². The molecule has 3 rings (SSSR count). The number of nitrogens with one attached hydrogen (secondary N) is 1. The van der Waals surface area contributed by atoms with Gasteiger partial charge in [0.15, 0.2) is 5.82 Å². The summed E-state index contributed by atoms with van der Waals surface area (Å²) in [7, 11) is 0. The summed E-state index contributed by atoms with van der Waals surface area (Å²) >= 11 is 3.47. The van der Waals surface area contributed by atoms with Crippen LogP contribution in [0.15, 0.2) is 16.7 Å². The molecule has 92 valence electrons. The Hall–Kier alpha value is -0.810. The van der Waals surface area contributed by atoms with Gasteiger partial charge in [-0.1, -0.05) is 0 Å². The van der Waals surface area contributed by atoms with Gasteiger partial charge in [-0.3, -0.25) is 0 Å². The molecule has 0 spiro atoms. The first-order chi connectivity index (χ1) is 8.29. The van der Waals surface area contributed by atoms with Gasteiger partial charge >= 0.3 is 0 Å². The summed E-state index contributed by atoms with van der Waals surface area (Å²) in [6, 6.07) is 2.56. The number of hydrogen-bond donors (Lipinski definition) is 1. The molecule has 1 aromatic heterocycles. The Morgan fingerprint density at radius 2 is 2.47 bits per heavy atom. The highest BCUT2D eigenvalue weighted by molar-refractivity contribution is 9.10. The van der Waals surface area contributed by atoms with Crippen molar-refractivity contribution >= 4 is 27.4 Å². The van der Waals surface area contributed by atoms with Crippen molar-refractivity contribution in [2.45, 2.75) is 13.0 Å². The molecule has 1 saturated heterocycles. The SMILES string of the molecule is CCN1c2ncc(Br)cc2NCC2COCC21. The van der Waals surface area contributed by atoms with E-state index in [1.54, 1.807) is 0 Å². The van der Waals surface area contributed by atoms with Crippen molar-refractivity contribution in [2.24, 2.45) is 5.92 Å². The molecule has 0 radical (unpaired) electrons. The second kappa shape index (κ2) is 4.46. The van der Waals surface area contributed by atoms with Crippen LogP contribution in [-0.4, -0.2) is 37.3 Å². The second-order valence-electron chi connectivity index (χ2n) is 4.56. The number of rotatable bonds is 1. The summed E-state index contributed by atoms with van der Waals surface area (Å²) in [6.45, 7) is 5.77. The molecule has 2 unspecified atom stereocenters. The van der Waals surface area contributed by atoms with Crippen LogP contribution in [0, 0.1) is 5.92 Å². The molecule has 17 heavy (non-hydrogen) atoms. The predicted molar refractivity (Wildman–Crippen MR) is 71.5 cm³/mol. The van der Waals surface area contributed by atoms with Crippen molar-refractivity contribution in [3.05, 3.63) is 16.7 Å². The Bertz CT molecular complexity index is 426. The van der Waals surface area contributed by atoms with Gasteiger partial charge in [0.05, 0.1) is 24.9 Å². The van der Waals surface area contributed by atoms with Crippen molar-refractivity contribution in [3.63, 3.8) is 0 Å². The summed E-state index contributed by atoms with van der Waals surface area (Å²) in [5.74, 6) is 1.61. The maximum absolute atomic E-state index is 5.60. The summed E-state index contributed by atoms with van der Waals surface area (Å²) in [5.41, 5.74) is 1.12. The molecular formula is C12H16BrN3O. The van der Waals surface area contributed by atoms with Crippen LogP contribution in [0.2, 0.25) is 0 Å². The monoisotopic (exact) mass is 297 g/mol. The lowest BCUT2D eigenvalue weighted by Gasteiger charge is -2.29. The number of halogens is 1. The van der Waals surface area contributed by atoms with Crippen LogP contribution >= 0.6 is 15.9 Å². The lowest BCUT2D eigenvalue weighted by molar-refractivity contribution is 0.185. The number of pyridine rings is 1. The highest BCUT2D eigenvalue weighted by Gasteiger charge is 2.36. The summed E-state index contributed by atoms with van der Waals surface area (Å²) < 4.78 is 6.62. The normalized spacial score (nSPS) is 27.1. The van der Waals surface area contributed by atoms with Crippen molar-refractivity contribution in [2.75, 3.05) is 36.5 Å². The molecular weight excluding hydrogens is 282 g/mol. The zero-order valence-electron chi connectivity index (χ0n) is 9.82. The minimum atomic E-state index is 0.461. The molecule has 1 N–H and O–H groups in total. The number of likely N-dealkylation sites (N-methyl/N-ethyl adjacent to an activating group) is 1. The van der Waals surface area contributed by atoms with Crippen LogP contribution in [-0.2, 0) is 4.74 Å². The van der Waals surface area contributed by atoms with Crippen LogP contribution in [0.25, 0.3) is 0 Å². The molecule has 0 amide bonds. The van der Waals surface area contributed by atoms with E-state index in [0.717, 1.165) is 42.3 Å². The number of ether oxygens (including phenoxy) is 1. The first-order valence-corrected chi connectivity index (χ1v) is 6.82. The van der Waals surface area contributed by atoms with Crippen molar-refractivity contribution in [3.8, 4) is 0 Å². The number of fused-ring (bicyclic) bond motifs is 2. The largest absolute Gasteiger partial charge is 0.382 e. The van der Waals surface area contributed by atoms with Gasteiger partial charge in [-0.2, -0.15) is 0 Å². The number of hydrogen-bond acceptors (Lipinski definition) is 4. The molecule has 0 saturated carbocycles. The standard InChI is InChI=1S/C12H16BrN3O/c1-2-16-11-7-17-6-8(11)4-14-10-3-9(13)5-15-12(10)16/h3,5,8,11,14H,2,4,6-7H2,1H3. The quantitative estimate of drug-likeness (QED) is 0.861. The fraction of sp³-hybridized carbons (Fsp3) is 0.583. The van der Waals surface area contributed by atoms with Gasteiger partial charge in [0.2, 0.25) is 0 Å². The average molecular weight is 298 g/mol. The average Bonchev–Trinajstić information content (AvgIpc) is 2.73. The van der Waals surface area contributed by atoms with Crippen LogP contribution in [0.5, 0.6) is 0 Å². The Kier molecular flexibility index (Phi) is 2.96. The smallest absolute Gasteiger partial charge is 0.152 e. The van der Waals surface area contributed by atoms with Gasteiger partial charge in [-0.15, -0.1) is 0 Å². The fourth-order valence-corrected chi connectivity index (χ4v) is 3.03. The van der Waals surface area contributed by atoms with Crippen LogP contribution in [0.3, 0.4) is 0 Å². The van der Waals surface area contributed by atoms with E-state index >= 15 is 0 Å². The molecule has 5 heteroatoms. The summed E-state index contributed by atoms with van der Waals surface area (Å²) in [4.78, 5) is 6.91. The predicted octanol–water partition coefficient (Wildman–Crippen LogP) is 2.11. The van der Waals surface area contributed by atoms with Crippen LogP contribution < -0.4 is 10.2 Å². The van der Waals surface area contributed by atoms with E-state index < -0.39 is 0 Å². The van der Waals surface area contributed by atoms with Crippen LogP contribution in [0.1, 0.15) is 6.92 Å². The lowest BCUT2D eigenvalue weighted by atomic mass is 10.0. The Morgan fingerprint density at radius 1 is 1.59 bits per heavy atom. The third-order valence-electron chi connectivity index (χ3n) is 3.57. The molecule has 2 aliphatic heterocycles. The molecule has 0 bridgehead atoms. The molecule has 2 atom stereocenters. The maximum atomic E-state index is 5.60. The first kappa shape index (κ1) is 11.3. The number of anilines is 2. The second-order valence-corrected chi connectivity index (χ2v) is 5.47. The molecule has 1 fully saturated rings. The maximum Gasteiger partial charge on any atom is 0.152 e. The fourth-order valence-electron chi connectivity index (χ4n) is 2.70. The minimum absolute atomic E-state index is 0.461. The molecule has 1 aromatic rings. The lowest BCUT2D eigenvalue weighted by Crippen LogP contribution is -2.41. The van der Waals surface area contributed by atoms with Gasteiger partial charge in [0.25, 0.3) is 0 Å². The van der Waals surface area contributed by atoms with E-state index in [2.05, 4.69) is 44.1 Å². The molecule has 2 aliphatic rings. The molecule has 3 heterocycles. The first-order valence-electron chi connectivity index (χ1n) is 6.03. The number of aromatic nitrogens is 1. The third-order valence-corrected chi connectivity index (χ3v) is 4.00. The highest BCUT2D eigenvalue weighted by Crippen LogP contribution is 2.34. The third kappa shape index (κ3) is 1.91. The highest BCUT2D eigenvalue weighted by atomic mass is 79.9. The Balaban J connectivity index is 2.02. The van der Waals surface area contributed by atoms with E-state index in [9.17, 15) is 0 Å². The van der Waals surface area contributed by atoms with Crippen molar-refractivity contribution < 1.29 is 4.74 Å². The van der Waals surface area contributed by atoms with Crippen LogP contribution in [0.4, 0.5) is 11.5 Å². The molecule has 4 nitrogen and oxygen atoms in total. The van der Waals surface area contributed by atoms with E-state index in [-0.39, 0.29) is 0 Å². The summed E-state index contributed by atoms with van der Waals surface area (Å²) in [6.07, 6.45) is 1.86. The van der Waals surface area contributed by atoms with Crippen molar-refractivity contribution in [1.29, 1.82) is 0 Å². The number of nitrogens with zero attached hydrogens (tertiary/aromatic N) is 2. The van der Waals surface area contributed by atoms with Gasteiger partial charge < -0.3 is 15.0 Å². The van der Waals surface area contributed by atoms with Gasteiger partial charge in [-0.25, -0.2) is 4.98 Å². The van der Waals surface area contributed by atoms with Gasteiger partial charge in [0.1, 0.15) is 0 Å². The van der Waals surface area contributed by atoms with Gasteiger partial charge in [-0.05, 0) is 28.9 Å². The van der Waals surface area contributed by atoms with E-state index in [0.29, 0.717) is 12.0 Å². The summed E-state index contributed by atoms with van der Waals surface area (Å²) in [5, 5.41) is 3.49. The van der Waals surface area contributed by atoms with E-state index in [4.69, 9.17) is 4.74 Å². The Morgan fingerprint density at radius 3 is 3.29 bits per heavy atom. The molecule has 0 aromatic carbocycles.